The van der Waals surface area contributed by atoms with Gasteiger partial charge in [-0.05, 0) is 57.2 Å². The van der Waals surface area contributed by atoms with Crippen molar-refractivity contribution >= 4 is 23.4 Å². The molecule has 0 aromatic heterocycles. The maximum Gasteiger partial charge on any atom is 0.412 e. The molecule has 18 heavy (non-hydrogen) atoms. The molecule has 0 atom stereocenters. The molecule has 2 rings (SSSR count). The molecule has 1 aliphatic rings. The molecule has 1 aromatic carbocycles. The summed E-state index contributed by atoms with van der Waals surface area (Å²) in [6.45, 7) is 5.49. The van der Waals surface area contributed by atoms with Gasteiger partial charge in [0.15, 0.2) is 0 Å². The maximum absolute atomic E-state index is 11.6. The number of anilines is 1. The number of carbonyl (C=O) groups excluding carboxylic acids is 1. The summed E-state index contributed by atoms with van der Waals surface area (Å²) >= 11 is 6.19. The van der Waals surface area contributed by atoms with Crippen LogP contribution in [0.15, 0.2) is 18.2 Å². The van der Waals surface area contributed by atoms with Crippen molar-refractivity contribution in [2.75, 3.05) is 5.32 Å². The summed E-state index contributed by atoms with van der Waals surface area (Å²) in [7, 11) is 0. The van der Waals surface area contributed by atoms with Crippen LogP contribution in [0.5, 0.6) is 0 Å². The molecular formula is C14H18ClNO2. The minimum absolute atomic E-state index is 0.460. The van der Waals surface area contributed by atoms with Crippen molar-refractivity contribution in [3.05, 3.63) is 28.8 Å². The van der Waals surface area contributed by atoms with Crippen LogP contribution in [0.25, 0.3) is 0 Å². The van der Waals surface area contributed by atoms with Crippen molar-refractivity contribution in [2.24, 2.45) is 0 Å². The summed E-state index contributed by atoms with van der Waals surface area (Å²) in [5.74, 6) is 0.605. The van der Waals surface area contributed by atoms with Crippen LogP contribution in [0.2, 0.25) is 5.02 Å². The van der Waals surface area contributed by atoms with E-state index in [0.29, 0.717) is 16.6 Å². The molecule has 0 unspecified atom stereocenters. The smallest absolute Gasteiger partial charge is 0.412 e. The minimum atomic E-state index is -0.498. The Kier molecular flexibility index (Phi) is 3.53. The number of hydrogen-bond acceptors (Lipinski definition) is 2. The number of benzene rings is 1. The summed E-state index contributed by atoms with van der Waals surface area (Å²) in [6.07, 6.45) is 1.95. The third-order valence-electron chi connectivity index (χ3n) is 2.66. The molecule has 1 amide bonds. The molecule has 3 nitrogen and oxygen atoms in total. The number of halogens is 1. The first-order valence-electron chi connectivity index (χ1n) is 6.14. The van der Waals surface area contributed by atoms with E-state index in [0.717, 1.165) is 0 Å². The number of nitrogens with one attached hydrogen (secondary N) is 1. The van der Waals surface area contributed by atoms with Crippen molar-refractivity contribution in [3.8, 4) is 0 Å². The second-order valence-corrected chi connectivity index (χ2v) is 6.04. The van der Waals surface area contributed by atoms with E-state index in [4.69, 9.17) is 16.3 Å². The van der Waals surface area contributed by atoms with Gasteiger partial charge in [0.05, 0.1) is 0 Å². The summed E-state index contributed by atoms with van der Waals surface area (Å²) in [4.78, 5) is 11.6. The van der Waals surface area contributed by atoms with Gasteiger partial charge in [-0.25, -0.2) is 4.79 Å². The fourth-order valence-electron chi connectivity index (χ4n) is 1.75. The van der Waals surface area contributed by atoms with E-state index in [-0.39, 0.29) is 0 Å². The summed E-state index contributed by atoms with van der Waals surface area (Å²) < 4.78 is 5.18. The number of hydrogen-bond donors (Lipinski definition) is 1. The van der Waals surface area contributed by atoms with E-state index in [1.807, 2.05) is 32.9 Å². The van der Waals surface area contributed by atoms with Gasteiger partial charge in [-0.1, -0.05) is 17.7 Å². The largest absolute Gasteiger partial charge is 0.444 e. The lowest BCUT2D eigenvalue weighted by Gasteiger charge is -2.19. The van der Waals surface area contributed by atoms with Crippen LogP contribution in [0.1, 0.15) is 45.1 Å². The normalized spacial score (nSPS) is 15.3. The molecule has 0 spiro atoms. The molecule has 1 aliphatic carbocycles. The van der Waals surface area contributed by atoms with E-state index < -0.39 is 11.7 Å². The summed E-state index contributed by atoms with van der Waals surface area (Å²) in [5.41, 5.74) is 1.34. The Morgan fingerprint density at radius 2 is 2.06 bits per heavy atom. The van der Waals surface area contributed by atoms with Crippen LogP contribution in [-0.4, -0.2) is 11.7 Å². The first-order valence-corrected chi connectivity index (χ1v) is 6.52. The molecule has 98 valence electrons. The van der Waals surface area contributed by atoms with Gasteiger partial charge in [-0.15, -0.1) is 0 Å². The molecule has 1 saturated carbocycles. The monoisotopic (exact) mass is 267 g/mol. The average Bonchev–Trinajstić information content (AvgIpc) is 2.97. The molecule has 0 aliphatic heterocycles. The standard InChI is InChI=1S/C14H18ClNO2/c1-14(2,3)18-13(17)16-10-6-7-11(9-4-5-9)12(15)8-10/h6-9H,4-5H2,1-3H3,(H,16,17). The van der Waals surface area contributed by atoms with Crippen LogP contribution in [0.3, 0.4) is 0 Å². The molecular weight excluding hydrogens is 250 g/mol. The molecule has 0 saturated heterocycles. The molecule has 0 bridgehead atoms. The van der Waals surface area contributed by atoms with E-state index in [1.165, 1.54) is 18.4 Å². The van der Waals surface area contributed by atoms with Crippen LogP contribution in [-0.2, 0) is 4.74 Å². The van der Waals surface area contributed by atoms with Crippen molar-refractivity contribution in [1.82, 2.24) is 0 Å². The Morgan fingerprint density at radius 3 is 2.56 bits per heavy atom. The zero-order valence-electron chi connectivity index (χ0n) is 10.9. The predicted octanol–water partition coefficient (Wildman–Crippen LogP) is 4.56. The first-order chi connectivity index (χ1) is 8.35. The molecule has 0 radical (unpaired) electrons. The van der Waals surface area contributed by atoms with Gasteiger partial charge in [0.2, 0.25) is 0 Å². The third kappa shape index (κ3) is 3.64. The average molecular weight is 268 g/mol. The second kappa shape index (κ2) is 4.81. The van der Waals surface area contributed by atoms with Gasteiger partial charge in [0, 0.05) is 10.7 Å². The predicted molar refractivity (Wildman–Crippen MR) is 73.3 cm³/mol. The van der Waals surface area contributed by atoms with Gasteiger partial charge in [0.1, 0.15) is 5.60 Å². The highest BCUT2D eigenvalue weighted by atomic mass is 35.5. The number of ether oxygens (including phenoxy) is 1. The molecule has 1 aromatic rings. The summed E-state index contributed by atoms with van der Waals surface area (Å²) in [6, 6.07) is 5.62. The van der Waals surface area contributed by atoms with Crippen molar-refractivity contribution in [3.63, 3.8) is 0 Å². The van der Waals surface area contributed by atoms with Crippen molar-refractivity contribution in [1.29, 1.82) is 0 Å². The van der Waals surface area contributed by atoms with E-state index in [2.05, 4.69) is 5.32 Å². The maximum atomic E-state index is 11.6. The van der Waals surface area contributed by atoms with Gasteiger partial charge >= 0.3 is 6.09 Å². The summed E-state index contributed by atoms with van der Waals surface area (Å²) in [5, 5.41) is 3.39. The quantitative estimate of drug-likeness (QED) is 0.853. The number of carbonyl (C=O) groups is 1. The Morgan fingerprint density at radius 1 is 1.39 bits per heavy atom. The Labute approximate surface area is 112 Å². The SMILES string of the molecule is CC(C)(C)OC(=O)Nc1ccc(C2CC2)c(Cl)c1. The first kappa shape index (κ1) is 13.2. The van der Waals surface area contributed by atoms with Crippen LogP contribution in [0.4, 0.5) is 10.5 Å². The lowest BCUT2D eigenvalue weighted by atomic mass is 10.1. The Hall–Kier alpha value is -1.22. The zero-order valence-corrected chi connectivity index (χ0v) is 11.7. The highest BCUT2D eigenvalue weighted by molar-refractivity contribution is 6.31. The van der Waals surface area contributed by atoms with Gasteiger partial charge in [0.25, 0.3) is 0 Å². The van der Waals surface area contributed by atoms with Crippen molar-refractivity contribution in [2.45, 2.75) is 45.1 Å². The second-order valence-electron chi connectivity index (χ2n) is 5.64. The third-order valence-corrected chi connectivity index (χ3v) is 2.99. The van der Waals surface area contributed by atoms with Crippen LogP contribution in [0, 0.1) is 0 Å². The van der Waals surface area contributed by atoms with Crippen LogP contribution < -0.4 is 5.32 Å². The molecule has 0 heterocycles. The highest BCUT2D eigenvalue weighted by Crippen LogP contribution is 2.43. The Balaban J connectivity index is 2.01. The lowest BCUT2D eigenvalue weighted by molar-refractivity contribution is 0.0636. The van der Waals surface area contributed by atoms with Gasteiger partial charge in [-0.3, -0.25) is 5.32 Å². The zero-order chi connectivity index (χ0) is 13.3. The minimum Gasteiger partial charge on any atom is -0.444 e. The van der Waals surface area contributed by atoms with E-state index >= 15 is 0 Å². The van der Waals surface area contributed by atoms with E-state index in [1.54, 1.807) is 6.07 Å². The fourth-order valence-corrected chi connectivity index (χ4v) is 2.09. The van der Waals surface area contributed by atoms with Gasteiger partial charge in [-0.2, -0.15) is 0 Å². The highest BCUT2D eigenvalue weighted by Gasteiger charge is 2.25. The Bertz CT molecular complexity index is 461. The molecule has 1 fully saturated rings. The molecule has 4 heteroatoms. The van der Waals surface area contributed by atoms with E-state index in [9.17, 15) is 4.79 Å². The number of rotatable bonds is 2. The lowest BCUT2D eigenvalue weighted by Crippen LogP contribution is -2.27. The van der Waals surface area contributed by atoms with Gasteiger partial charge < -0.3 is 4.74 Å². The molecule has 1 N–H and O–H groups in total. The van der Waals surface area contributed by atoms with Crippen LogP contribution >= 0.6 is 11.6 Å². The van der Waals surface area contributed by atoms with Crippen molar-refractivity contribution < 1.29 is 9.53 Å². The topological polar surface area (TPSA) is 38.3 Å². The fraction of sp³-hybridized carbons (Fsp3) is 0.500. The number of amides is 1.